The van der Waals surface area contributed by atoms with Crippen molar-refractivity contribution in [1.82, 2.24) is 10.2 Å². The maximum atomic E-state index is 12.5. The van der Waals surface area contributed by atoms with Crippen LogP contribution in [-0.4, -0.2) is 55.1 Å². The second kappa shape index (κ2) is 8.41. The molecule has 3 amide bonds. The highest BCUT2D eigenvalue weighted by Crippen LogP contribution is 2.23. The summed E-state index contributed by atoms with van der Waals surface area (Å²) in [6.45, 7) is 5.71. The summed E-state index contributed by atoms with van der Waals surface area (Å²) in [5, 5.41) is 2.97. The summed E-state index contributed by atoms with van der Waals surface area (Å²) in [5.41, 5.74) is 2.00. The van der Waals surface area contributed by atoms with Gasteiger partial charge in [-0.3, -0.25) is 9.59 Å². The van der Waals surface area contributed by atoms with Crippen molar-refractivity contribution in [1.29, 1.82) is 0 Å². The molecule has 3 rings (SSSR count). The van der Waals surface area contributed by atoms with Crippen LogP contribution in [0.4, 0.5) is 10.5 Å². The fourth-order valence-electron chi connectivity index (χ4n) is 3.62. The van der Waals surface area contributed by atoms with Gasteiger partial charge in [-0.2, -0.15) is 0 Å². The minimum Gasteiger partial charge on any atom is -0.466 e. The number of rotatable bonds is 4. The molecule has 0 aliphatic carbocycles. The van der Waals surface area contributed by atoms with Gasteiger partial charge in [-0.25, -0.2) is 4.79 Å². The fourth-order valence-corrected chi connectivity index (χ4v) is 3.62. The smallest absolute Gasteiger partial charge is 0.317 e. The number of carbonyl (C=O) groups is 3. The molecule has 0 aromatic heterocycles. The van der Waals surface area contributed by atoms with Crippen LogP contribution in [0.3, 0.4) is 0 Å². The van der Waals surface area contributed by atoms with Crippen LogP contribution in [0.15, 0.2) is 24.3 Å². The normalized spacial score (nSPS) is 20.7. The first-order valence-corrected chi connectivity index (χ1v) is 9.57. The van der Waals surface area contributed by atoms with Gasteiger partial charge in [-0.15, -0.1) is 0 Å². The van der Waals surface area contributed by atoms with Gasteiger partial charge in [0.1, 0.15) is 0 Å². The van der Waals surface area contributed by atoms with Crippen molar-refractivity contribution in [2.24, 2.45) is 5.92 Å². The van der Waals surface area contributed by atoms with Crippen LogP contribution >= 0.6 is 0 Å². The van der Waals surface area contributed by atoms with Crippen molar-refractivity contribution in [2.45, 2.75) is 39.2 Å². The molecule has 7 nitrogen and oxygen atoms in total. The van der Waals surface area contributed by atoms with Crippen molar-refractivity contribution in [3.8, 4) is 0 Å². The number of urea groups is 1. The summed E-state index contributed by atoms with van der Waals surface area (Å²) in [6.07, 6.45) is 1.54. The Morgan fingerprint density at radius 3 is 2.48 bits per heavy atom. The van der Waals surface area contributed by atoms with E-state index in [1.165, 1.54) is 0 Å². The summed E-state index contributed by atoms with van der Waals surface area (Å²) < 4.78 is 5.06. The molecule has 0 unspecified atom stereocenters. The second-order valence-corrected chi connectivity index (χ2v) is 7.20. The van der Waals surface area contributed by atoms with E-state index < -0.39 is 0 Å². The number of nitrogens with one attached hydrogen (secondary N) is 1. The van der Waals surface area contributed by atoms with Crippen molar-refractivity contribution in [3.05, 3.63) is 29.8 Å². The topological polar surface area (TPSA) is 79.0 Å². The molecule has 1 atom stereocenters. The number of hydrogen-bond acceptors (Lipinski definition) is 4. The molecule has 2 heterocycles. The summed E-state index contributed by atoms with van der Waals surface area (Å²) in [7, 11) is 0. The van der Waals surface area contributed by atoms with E-state index in [0.717, 1.165) is 11.3 Å². The van der Waals surface area contributed by atoms with Gasteiger partial charge >= 0.3 is 12.0 Å². The Kier molecular flexibility index (Phi) is 5.98. The Labute approximate surface area is 159 Å². The number of hydrogen-bond donors (Lipinski definition) is 1. The number of amides is 3. The number of piperidine rings is 1. The van der Waals surface area contributed by atoms with E-state index in [-0.39, 0.29) is 29.9 Å². The molecule has 0 bridgehead atoms. The van der Waals surface area contributed by atoms with E-state index in [4.69, 9.17) is 4.74 Å². The lowest BCUT2D eigenvalue weighted by atomic mass is 9.97. The number of ether oxygens (including phenoxy) is 1. The van der Waals surface area contributed by atoms with Gasteiger partial charge in [-0.1, -0.05) is 17.7 Å². The predicted molar refractivity (Wildman–Crippen MR) is 101 cm³/mol. The number of aryl methyl sites for hydroxylation is 1. The molecule has 146 valence electrons. The standard InChI is InChI=1S/C20H27N3O4/c1-3-27-19(25)15-8-10-22(11-9-15)20(26)21-16-12-18(24)23(13-16)17-6-4-14(2)5-7-17/h4-7,15-16H,3,8-13H2,1-2H3,(H,21,26)/t16-/m1/s1. The van der Waals surface area contributed by atoms with Gasteiger partial charge in [0.25, 0.3) is 0 Å². The minimum atomic E-state index is -0.200. The van der Waals surface area contributed by atoms with E-state index in [0.29, 0.717) is 45.5 Å². The molecular formula is C20H27N3O4. The summed E-state index contributed by atoms with van der Waals surface area (Å²) in [5.74, 6) is -0.281. The fraction of sp³-hybridized carbons (Fsp3) is 0.550. The Morgan fingerprint density at radius 2 is 1.85 bits per heavy atom. The molecule has 1 aromatic rings. The quantitative estimate of drug-likeness (QED) is 0.820. The molecule has 27 heavy (non-hydrogen) atoms. The van der Waals surface area contributed by atoms with E-state index in [1.807, 2.05) is 31.2 Å². The zero-order chi connectivity index (χ0) is 19.4. The van der Waals surface area contributed by atoms with Crippen LogP contribution in [0.5, 0.6) is 0 Å². The number of nitrogens with zero attached hydrogens (tertiary/aromatic N) is 2. The summed E-state index contributed by atoms with van der Waals surface area (Å²) in [6, 6.07) is 7.44. The average molecular weight is 373 g/mol. The van der Waals surface area contributed by atoms with Gasteiger partial charge in [0.05, 0.1) is 18.6 Å². The summed E-state index contributed by atoms with van der Waals surface area (Å²) >= 11 is 0. The number of esters is 1. The first kappa shape index (κ1) is 19.2. The molecule has 2 aliphatic heterocycles. The Hall–Kier alpha value is -2.57. The van der Waals surface area contributed by atoms with Gasteiger partial charge in [0, 0.05) is 31.7 Å². The average Bonchev–Trinajstić information content (AvgIpc) is 3.02. The zero-order valence-corrected chi connectivity index (χ0v) is 15.9. The molecule has 0 saturated carbocycles. The minimum absolute atomic E-state index is 0.0187. The second-order valence-electron chi connectivity index (χ2n) is 7.20. The van der Waals surface area contributed by atoms with Crippen molar-refractivity contribution in [2.75, 3.05) is 31.1 Å². The third-order valence-corrected chi connectivity index (χ3v) is 5.20. The van der Waals surface area contributed by atoms with Gasteiger partial charge < -0.3 is 19.9 Å². The lowest BCUT2D eigenvalue weighted by Gasteiger charge is -2.31. The predicted octanol–water partition coefficient (Wildman–Crippen LogP) is 2.09. The van der Waals surface area contributed by atoms with Crippen LogP contribution in [0.25, 0.3) is 0 Å². The Bertz CT molecular complexity index is 696. The highest BCUT2D eigenvalue weighted by molar-refractivity contribution is 5.96. The lowest BCUT2D eigenvalue weighted by molar-refractivity contribution is -0.149. The number of anilines is 1. The molecule has 0 spiro atoms. The highest BCUT2D eigenvalue weighted by atomic mass is 16.5. The molecular weight excluding hydrogens is 346 g/mol. The van der Waals surface area contributed by atoms with Crippen LogP contribution in [-0.2, 0) is 14.3 Å². The zero-order valence-electron chi connectivity index (χ0n) is 15.9. The molecule has 1 N–H and O–H groups in total. The lowest BCUT2D eigenvalue weighted by Crippen LogP contribution is -2.49. The first-order chi connectivity index (χ1) is 13.0. The van der Waals surface area contributed by atoms with Crippen molar-refractivity contribution in [3.63, 3.8) is 0 Å². The third kappa shape index (κ3) is 4.59. The molecule has 1 aromatic carbocycles. The molecule has 0 radical (unpaired) electrons. The van der Waals surface area contributed by atoms with Crippen LogP contribution in [0.2, 0.25) is 0 Å². The van der Waals surface area contributed by atoms with E-state index in [9.17, 15) is 14.4 Å². The monoisotopic (exact) mass is 373 g/mol. The molecule has 2 fully saturated rings. The van der Waals surface area contributed by atoms with E-state index >= 15 is 0 Å². The third-order valence-electron chi connectivity index (χ3n) is 5.20. The Balaban J connectivity index is 1.50. The van der Waals surface area contributed by atoms with Gasteiger partial charge in [0.2, 0.25) is 5.91 Å². The largest absolute Gasteiger partial charge is 0.466 e. The molecule has 7 heteroatoms. The maximum absolute atomic E-state index is 12.5. The van der Waals surface area contributed by atoms with Gasteiger partial charge in [-0.05, 0) is 38.8 Å². The number of likely N-dealkylation sites (tertiary alicyclic amines) is 1. The Morgan fingerprint density at radius 1 is 1.19 bits per heavy atom. The summed E-state index contributed by atoms with van der Waals surface area (Å²) in [4.78, 5) is 40.1. The SMILES string of the molecule is CCOC(=O)C1CCN(C(=O)N[C@@H]2CC(=O)N(c3ccc(C)cc3)C2)CC1. The first-order valence-electron chi connectivity index (χ1n) is 9.57. The van der Waals surface area contributed by atoms with Crippen LogP contribution in [0, 0.1) is 12.8 Å². The van der Waals surface area contributed by atoms with Crippen LogP contribution in [0.1, 0.15) is 31.7 Å². The molecule has 2 saturated heterocycles. The van der Waals surface area contributed by atoms with E-state index in [2.05, 4.69) is 5.32 Å². The van der Waals surface area contributed by atoms with Crippen LogP contribution < -0.4 is 10.2 Å². The van der Waals surface area contributed by atoms with Crippen molar-refractivity contribution < 1.29 is 19.1 Å². The number of carbonyl (C=O) groups excluding carboxylic acids is 3. The maximum Gasteiger partial charge on any atom is 0.317 e. The van der Waals surface area contributed by atoms with Gasteiger partial charge in [0.15, 0.2) is 0 Å². The van der Waals surface area contributed by atoms with Crippen molar-refractivity contribution >= 4 is 23.6 Å². The molecule has 2 aliphatic rings. The number of benzene rings is 1. The highest BCUT2D eigenvalue weighted by Gasteiger charge is 2.34. The van der Waals surface area contributed by atoms with E-state index in [1.54, 1.807) is 16.7 Å².